The molecule has 0 saturated heterocycles. The minimum absolute atomic E-state index is 0.154. The van der Waals surface area contributed by atoms with E-state index in [0.717, 1.165) is 0 Å². The van der Waals surface area contributed by atoms with E-state index >= 15 is 0 Å². The summed E-state index contributed by atoms with van der Waals surface area (Å²) in [7, 11) is 0. The molecule has 0 N–H and O–H groups in total. The first-order valence-electron chi connectivity index (χ1n) is 5.33. The summed E-state index contributed by atoms with van der Waals surface area (Å²) in [4.78, 5) is 0. The van der Waals surface area contributed by atoms with Crippen LogP contribution in [0.2, 0.25) is 0 Å². The standard InChI is InChI=1S/C13H18F/c1-3-5-6-11(4-2)12-7-9-13(14)10-8-12/h4,7-11H,3,5-6H2,1-2H3. The molecule has 1 atom stereocenters. The fourth-order valence-corrected chi connectivity index (χ4v) is 1.66. The third kappa shape index (κ3) is 3.13. The Bertz CT molecular complexity index is 250. The summed E-state index contributed by atoms with van der Waals surface area (Å²) in [6.07, 6.45) is 5.81. The molecule has 0 aliphatic rings. The van der Waals surface area contributed by atoms with Gasteiger partial charge in [-0.15, -0.1) is 0 Å². The Kier molecular flexibility index (Phi) is 4.64. The van der Waals surface area contributed by atoms with Crippen LogP contribution in [0, 0.1) is 12.2 Å². The van der Waals surface area contributed by atoms with E-state index in [4.69, 9.17) is 0 Å². The molecule has 0 amide bonds. The Balaban J connectivity index is 2.64. The van der Waals surface area contributed by atoms with Gasteiger partial charge in [-0.25, -0.2) is 4.39 Å². The van der Waals surface area contributed by atoms with Gasteiger partial charge in [0.05, 0.1) is 0 Å². The molecule has 0 heterocycles. The first-order valence-corrected chi connectivity index (χ1v) is 5.33. The van der Waals surface area contributed by atoms with Crippen molar-refractivity contribution in [3.63, 3.8) is 0 Å². The molecule has 1 aromatic rings. The first-order chi connectivity index (χ1) is 6.77. The predicted octanol–water partition coefficient (Wildman–Crippen LogP) is 4.32. The highest BCUT2D eigenvalue weighted by Gasteiger charge is 2.08. The number of hydrogen-bond donors (Lipinski definition) is 0. The zero-order chi connectivity index (χ0) is 10.4. The summed E-state index contributed by atoms with van der Waals surface area (Å²) < 4.78 is 12.7. The van der Waals surface area contributed by atoms with Crippen LogP contribution >= 0.6 is 0 Å². The monoisotopic (exact) mass is 193 g/mol. The molecule has 77 valence electrons. The van der Waals surface area contributed by atoms with Gasteiger partial charge >= 0.3 is 0 Å². The Hall–Kier alpha value is -0.850. The van der Waals surface area contributed by atoms with E-state index in [-0.39, 0.29) is 5.82 Å². The molecular weight excluding hydrogens is 175 g/mol. The summed E-state index contributed by atoms with van der Waals surface area (Å²) in [6, 6.07) is 6.85. The molecule has 1 radical (unpaired) electrons. The number of unbranched alkanes of at least 4 members (excludes halogenated alkanes) is 1. The minimum atomic E-state index is -0.154. The van der Waals surface area contributed by atoms with Crippen molar-refractivity contribution in [3.8, 4) is 0 Å². The van der Waals surface area contributed by atoms with Crippen LogP contribution in [0.15, 0.2) is 24.3 Å². The van der Waals surface area contributed by atoms with Crippen molar-refractivity contribution < 1.29 is 4.39 Å². The Morgan fingerprint density at radius 2 is 1.93 bits per heavy atom. The molecular formula is C13H18F. The lowest BCUT2D eigenvalue weighted by atomic mass is 9.91. The molecule has 14 heavy (non-hydrogen) atoms. The van der Waals surface area contributed by atoms with Crippen LogP contribution in [0.1, 0.15) is 44.6 Å². The van der Waals surface area contributed by atoms with Crippen LogP contribution in [0.4, 0.5) is 4.39 Å². The van der Waals surface area contributed by atoms with Crippen molar-refractivity contribution in [3.05, 3.63) is 42.1 Å². The van der Waals surface area contributed by atoms with Gasteiger partial charge in [-0.1, -0.05) is 38.8 Å². The summed E-state index contributed by atoms with van der Waals surface area (Å²) in [5, 5.41) is 0. The predicted molar refractivity (Wildman–Crippen MR) is 58.6 cm³/mol. The van der Waals surface area contributed by atoms with Gasteiger partial charge in [-0.2, -0.15) is 0 Å². The van der Waals surface area contributed by atoms with Crippen LogP contribution in [0.3, 0.4) is 0 Å². The number of hydrogen-bond acceptors (Lipinski definition) is 0. The van der Waals surface area contributed by atoms with Gasteiger partial charge in [0.1, 0.15) is 5.82 Å². The number of halogens is 1. The van der Waals surface area contributed by atoms with Crippen molar-refractivity contribution in [2.45, 2.75) is 39.0 Å². The van der Waals surface area contributed by atoms with Crippen molar-refractivity contribution in [1.82, 2.24) is 0 Å². The van der Waals surface area contributed by atoms with Gasteiger partial charge < -0.3 is 0 Å². The molecule has 0 spiro atoms. The quantitative estimate of drug-likeness (QED) is 0.653. The summed E-state index contributed by atoms with van der Waals surface area (Å²) in [6.45, 7) is 4.26. The lowest BCUT2D eigenvalue weighted by Crippen LogP contribution is -1.97. The van der Waals surface area contributed by atoms with Crippen LogP contribution < -0.4 is 0 Å². The smallest absolute Gasteiger partial charge is 0.123 e. The van der Waals surface area contributed by atoms with Gasteiger partial charge in [0, 0.05) is 0 Å². The van der Waals surface area contributed by atoms with E-state index in [9.17, 15) is 4.39 Å². The van der Waals surface area contributed by atoms with Crippen molar-refractivity contribution in [2.75, 3.05) is 0 Å². The fraction of sp³-hybridized carbons (Fsp3) is 0.462. The molecule has 1 rings (SSSR count). The maximum atomic E-state index is 12.7. The summed E-state index contributed by atoms with van der Waals surface area (Å²) in [5.74, 6) is 0.328. The largest absolute Gasteiger partial charge is 0.207 e. The van der Waals surface area contributed by atoms with Crippen molar-refractivity contribution >= 4 is 0 Å². The molecule has 1 unspecified atom stereocenters. The molecule has 0 aliphatic heterocycles. The Labute approximate surface area is 86.2 Å². The van der Waals surface area contributed by atoms with Crippen LogP contribution in [0.5, 0.6) is 0 Å². The van der Waals surface area contributed by atoms with Crippen LogP contribution in [0.25, 0.3) is 0 Å². The van der Waals surface area contributed by atoms with Gasteiger partial charge in [0.15, 0.2) is 0 Å². The maximum absolute atomic E-state index is 12.7. The van der Waals surface area contributed by atoms with E-state index < -0.39 is 0 Å². The molecule has 0 fully saturated rings. The fourth-order valence-electron chi connectivity index (χ4n) is 1.66. The highest BCUT2D eigenvalue weighted by atomic mass is 19.1. The molecule has 1 heteroatoms. The second kappa shape index (κ2) is 5.79. The molecule has 0 aliphatic carbocycles. The van der Waals surface area contributed by atoms with Crippen molar-refractivity contribution in [2.24, 2.45) is 0 Å². The summed E-state index contributed by atoms with van der Waals surface area (Å²) >= 11 is 0. The Morgan fingerprint density at radius 1 is 1.29 bits per heavy atom. The molecule has 1 aromatic carbocycles. The molecule has 0 bridgehead atoms. The Morgan fingerprint density at radius 3 is 2.43 bits per heavy atom. The lowest BCUT2D eigenvalue weighted by Gasteiger charge is -2.14. The second-order valence-electron chi connectivity index (χ2n) is 3.63. The third-order valence-corrected chi connectivity index (χ3v) is 2.57. The average Bonchev–Trinajstić information content (AvgIpc) is 2.21. The zero-order valence-corrected chi connectivity index (χ0v) is 8.96. The lowest BCUT2D eigenvalue weighted by molar-refractivity contribution is 0.617. The molecule has 0 nitrogen and oxygen atoms in total. The van der Waals surface area contributed by atoms with Crippen LogP contribution in [-0.4, -0.2) is 0 Å². The van der Waals surface area contributed by atoms with Crippen molar-refractivity contribution in [1.29, 1.82) is 0 Å². The van der Waals surface area contributed by atoms with E-state index in [0.29, 0.717) is 5.92 Å². The van der Waals surface area contributed by atoms with Gasteiger partial charge in [0.2, 0.25) is 0 Å². The highest BCUT2D eigenvalue weighted by Crippen LogP contribution is 2.24. The normalized spacial score (nSPS) is 12.8. The van der Waals surface area contributed by atoms with E-state index in [1.54, 1.807) is 0 Å². The van der Waals surface area contributed by atoms with Gasteiger partial charge in [-0.05, 0) is 36.5 Å². The van der Waals surface area contributed by atoms with E-state index in [2.05, 4.69) is 20.3 Å². The summed E-state index contributed by atoms with van der Waals surface area (Å²) in [5.41, 5.74) is 1.22. The van der Waals surface area contributed by atoms with Crippen LogP contribution in [-0.2, 0) is 0 Å². The maximum Gasteiger partial charge on any atom is 0.123 e. The SMILES string of the molecule is C[CH]C(CCCC)c1ccc(F)cc1. The molecule has 0 saturated carbocycles. The average molecular weight is 193 g/mol. The van der Waals surface area contributed by atoms with Gasteiger partial charge in [0.25, 0.3) is 0 Å². The first kappa shape index (κ1) is 11.2. The third-order valence-electron chi connectivity index (χ3n) is 2.57. The van der Waals surface area contributed by atoms with Gasteiger partial charge in [-0.3, -0.25) is 0 Å². The number of benzene rings is 1. The number of rotatable bonds is 5. The van der Waals surface area contributed by atoms with E-state index in [1.807, 2.05) is 12.1 Å². The zero-order valence-electron chi connectivity index (χ0n) is 8.96. The topological polar surface area (TPSA) is 0 Å². The minimum Gasteiger partial charge on any atom is -0.207 e. The highest BCUT2D eigenvalue weighted by molar-refractivity contribution is 5.22. The molecule has 0 aromatic heterocycles. The second-order valence-corrected chi connectivity index (χ2v) is 3.63. The van der Waals surface area contributed by atoms with E-state index in [1.165, 1.54) is 37.0 Å².